The summed E-state index contributed by atoms with van der Waals surface area (Å²) < 4.78 is 90.1. The molecule has 13 aliphatic rings. The number of fused-ring (bicyclic) bond motifs is 7. The summed E-state index contributed by atoms with van der Waals surface area (Å²) in [6.45, 7) is 7.66. The van der Waals surface area contributed by atoms with E-state index in [1.807, 2.05) is 13.8 Å². The third-order valence-electron chi connectivity index (χ3n) is 29.0. The van der Waals surface area contributed by atoms with Crippen LogP contribution in [0.25, 0.3) is 0 Å². The van der Waals surface area contributed by atoms with E-state index in [2.05, 4.69) is 32.2 Å². The van der Waals surface area contributed by atoms with Crippen LogP contribution in [0.2, 0.25) is 0 Å². The zero-order valence-electron chi connectivity index (χ0n) is 65.8. The lowest BCUT2D eigenvalue weighted by atomic mass is 9.33. The predicted molar refractivity (Wildman–Crippen MR) is 380 cm³/mol. The van der Waals surface area contributed by atoms with Crippen LogP contribution in [0.3, 0.4) is 0 Å². The van der Waals surface area contributed by atoms with Crippen LogP contribution in [-0.4, -0.2) is 399 Å². The molecule has 8 heterocycles. The van der Waals surface area contributed by atoms with E-state index in [1.165, 1.54) is 6.92 Å². The van der Waals surface area contributed by atoms with E-state index in [0.717, 1.165) is 11.9 Å². The summed E-state index contributed by atoms with van der Waals surface area (Å²) in [6, 6.07) is -1.67. The van der Waals surface area contributed by atoms with Gasteiger partial charge in [-0.2, -0.15) is 0 Å². The Labute approximate surface area is 668 Å². The maximum Gasteiger partial charge on any atom is 0.317 e. The number of rotatable bonds is 23. The van der Waals surface area contributed by atoms with Crippen molar-refractivity contribution in [2.24, 2.45) is 50.2 Å². The Kier molecular flexibility index (Phi) is 26.9. The first-order chi connectivity index (χ1) is 54.6. The molecule has 22 N–H and O–H groups in total. The lowest BCUT2D eigenvalue weighted by molar-refractivity contribution is -0.384. The lowest BCUT2D eigenvalue weighted by Gasteiger charge is -2.71. The van der Waals surface area contributed by atoms with Gasteiger partial charge in [0.25, 0.3) is 0 Å². The first kappa shape index (κ1) is 90.7. The normalized spacial score (nSPS) is 53.5. The number of ether oxygens (including phenoxy) is 15. The Morgan fingerprint density at radius 2 is 1.10 bits per heavy atom. The molecule has 0 bridgehead atoms. The lowest BCUT2D eigenvalue weighted by Crippen LogP contribution is -2.70. The van der Waals surface area contributed by atoms with Gasteiger partial charge in [0.2, 0.25) is 12.2 Å². The number of amides is 1. The van der Waals surface area contributed by atoms with Gasteiger partial charge in [-0.05, 0) is 111 Å². The molecular formula is C76H121NO39. The maximum atomic E-state index is 16.2. The summed E-state index contributed by atoms with van der Waals surface area (Å²) >= 11 is 0. The van der Waals surface area contributed by atoms with Crippen LogP contribution in [0.4, 0.5) is 0 Å². The molecule has 12 fully saturated rings. The third-order valence-corrected chi connectivity index (χ3v) is 29.0. The Morgan fingerprint density at radius 1 is 0.517 bits per heavy atom. The topological polar surface area (TPSA) is 627 Å². The summed E-state index contributed by atoms with van der Waals surface area (Å²) in [5.41, 5.74) is -9.08. The molecule has 0 aromatic rings. The van der Waals surface area contributed by atoms with Crippen molar-refractivity contribution in [1.29, 1.82) is 0 Å². The third kappa shape index (κ3) is 15.8. The summed E-state index contributed by atoms with van der Waals surface area (Å²) in [4.78, 5) is 44.4. The zero-order valence-corrected chi connectivity index (χ0v) is 65.8. The largest absolute Gasteiger partial charge is 0.432 e. The van der Waals surface area contributed by atoms with Crippen LogP contribution in [0.1, 0.15) is 119 Å². The van der Waals surface area contributed by atoms with Gasteiger partial charge in [0, 0.05) is 6.42 Å². The SMILES string of the molecule is CC1O[C@@H](OC2C(O)[C@@H](NC(=O)CCC3(O)CO[C@@H](CO)C3O)C(CO)O[C@H]2OC(=O)[C@]23CCC(C)(C)CC2C2=CCC4C5(C)CC[C@H](O[C@@H]6OC[C@@H](O)[C@H](O[C@@H]7OC[C@@H](O)[C@H](O)C7O)C6O[C@@H]6OC(CO)[C@H](O)[C@H](O)C6O)[C@](C)(C=O)[C@@H]5CC[C@]4(C)[C@]2(C)CC3O)C(O)C(O)[C@H]1O[C@@H]1OC[C@@H](O)C(O[C@@H]2OC[C@@](O)(CO)C2O)C1O. The number of aldehydes is 1. The summed E-state index contributed by atoms with van der Waals surface area (Å²) in [6.07, 6.45) is -50.3. The van der Waals surface area contributed by atoms with Gasteiger partial charge in [-0.15, -0.1) is 0 Å². The molecule has 0 radical (unpaired) electrons. The van der Waals surface area contributed by atoms with Crippen LogP contribution >= 0.6 is 0 Å². The molecule has 40 nitrogen and oxygen atoms in total. The zero-order chi connectivity index (χ0) is 84.4. The van der Waals surface area contributed by atoms with E-state index in [0.29, 0.717) is 38.5 Å². The molecule has 43 atom stereocenters. The van der Waals surface area contributed by atoms with E-state index in [-0.39, 0.29) is 25.2 Å². The van der Waals surface area contributed by atoms with Crippen molar-refractivity contribution in [2.45, 2.75) is 333 Å². The van der Waals surface area contributed by atoms with Crippen LogP contribution < -0.4 is 5.32 Å². The minimum absolute atomic E-state index is 0.00652. The highest BCUT2D eigenvalue weighted by Crippen LogP contribution is 2.76. The Morgan fingerprint density at radius 3 is 1.76 bits per heavy atom. The highest BCUT2D eigenvalue weighted by Gasteiger charge is 2.73. The van der Waals surface area contributed by atoms with E-state index in [4.69, 9.17) is 71.1 Å². The van der Waals surface area contributed by atoms with E-state index >= 15 is 4.79 Å². The molecule has 8 saturated heterocycles. The van der Waals surface area contributed by atoms with Gasteiger partial charge < -0.3 is 188 Å². The molecule has 13 rings (SSSR count). The first-order valence-electron chi connectivity index (χ1n) is 40.3. The van der Waals surface area contributed by atoms with Crippen LogP contribution in [-0.2, 0) is 85.4 Å². The Bertz CT molecular complexity index is 3420. The van der Waals surface area contributed by atoms with Gasteiger partial charge in [0.05, 0.1) is 89.2 Å². The van der Waals surface area contributed by atoms with Gasteiger partial charge in [0.1, 0.15) is 151 Å². The summed E-state index contributed by atoms with van der Waals surface area (Å²) in [5, 5.41) is 235. The van der Waals surface area contributed by atoms with E-state index in [9.17, 15) is 117 Å². The van der Waals surface area contributed by atoms with Crippen molar-refractivity contribution in [1.82, 2.24) is 5.32 Å². The minimum Gasteiger partial charge on any atom is -0.432 e. The van der Waals surface area contributed by atoms with Gasteiger partial charge in [-0.25, -0.2) is 0 Å². The van der Waals surface area contributed by atoms with Crippen LogP contribution in [0.5, 0.6) is 0 Å². The van der Waals surface area contributed by atoms with Crippen molar-refractivity contribution in [2.75, 3.05) is 59.5 Å². The van der Waals surface area contributed by atoms with Crippen molar-refractivity contribution in [3.05, 3.63) is 11.6 Å². The molecule has 0 aromatic heterocycles. The number of nitrogens with one attached hydrogen (secondary N) is 1. The molecule has 1 amide bonds. The molecule has 116 heavy (non-hydrogen) atoms. The predicted octanol–water partition coefficient (Wildman–Crippen LogP) is -8.44. The average molecular weight is 1670 g/mol. The molecule has 19 unspecified atom stereocenters. The van der Waals surface area contributed by atoms with Crippen LogP contribution in [0.15, 0.2) is 11.6 Å². The molecule has 40 heteroatoms. The van der Waals surface area contributed by atoms with E-state index < -0.39 is 342 Å². The number of carbonyl (C=O) groups excluding carboxylic acids is 3. The van der Waals surface area contributed by atoms with Crippen molar-refractivity contribution < 1.29 is 193 Å². The van der Waals surface area contributed by atoms with Gasteiger partial charge in [0.15, 0.2) is 43.8 Å². The van der Waals surface area contributed by atoms with Gasteiger partial charge in [-0.1, -0.05) is 53.2 Å². The van der Waals surface area contributed by atoms with Crippen molar-refractivity contribution in [3.8, 4) is 0 Å². The molecule has 0 spiro atoms. The number of hydrogen-bond donors (Lipinski definition) is 22. The molecule has 664 valence electrons. The Hall–Kier alpha value is -3.05. The summed E-state index contributed by atoms with van der Waals surface area (Å²) in [7, 11) is 0. The summed E-state index contributed by atoms with van der Waals surface area (Å²) in [5.74, 6) is -3.29. The highest BCUT2D eigenvalue weighted by atomic mass is 16.8. The highest BCUT2D eigenvalue weighted by molar-refractivity contribution is 5.80. The second-order valence-corrected chi connectivity index (χ2v) is 36.5. The fourth-order valence-electron chi connectivity index (χ4n) is 21.7. The molecule has 8 aliphatic heterocycles. The number of aliphatic hydroxyl groups excluding tert-OH is 19. The minimum atomic E-state index is -2.17. The van der Waals surface area contributed by atoms with Crippen molar-refractivity contribution in [3.63, 3.8) is 0 Å². The number of esters is 1. The second kappa shape index (κ2) is 34.5. The standard InChI is InChI=1S/C76H121NO39/c1-30-54(111-62-53(96)55(34(84)24-103-62)112-67-60(98)75(101,27-82)29-106-67)49(92)52(95)63(107-30)114-57-47(90)44(77-43(87)12-15-74(100)28-105-38(22-80)59(74)97)36(20-78)108-66(57)116-68(99)76-17-16-69(2,3)18-32(76)31-8-9-40-70(4)13-11-42(71(5,26-81)39(70)10-14-72(40,6)73(31,7)19-41(76)86)110-65-58(115-64-51(94)48(91)46(89)37(21-79)109-64)56(35(85)25-104-65)113-61-50(93)45(88)33(83)23-102-61/h8,26,30,32-42,44-67,78-80,82-86,88-98,100-101H,9-25,27-29H2,1-7H3,(H,77,87)/t30?,32?,33-,34-,35-,36?,37?,38+,39-,40?,41?,42+,44+,45+,46+,47?,48+,49?,50?,51?,52?,53?,54+,55?,56+,57?,58?,59?,60?,61+,62+,63+,64+,65+,66+,67+,70?,71-,72+,73-,74?,75+,76-/m1/s1. The quantitative estimate of drug-likeness (QED) is 0.0195. The smallest absolute Gasteiger partial charge is 0.317 e. The monoisotopic (exact) mass is 1670 g/mol. The molecule has 0 aromatic carbocycles. The molecular weight excluding hydrogens is 1550 g/mol. The van der Waals surface area contributed by atoms with Crippen LogP contribution in [0, 0.1) is 50.2 Å². The average Bonchev–Trinajstić information content (AvgIpc) is 0.748. The Balaban J connectivity index is 0.757. The first-order valence-corrected chi connectivity index (χ1v) is 40.3. The fourth-order valence-corrected chi connectivity index (χ4v) is 21.7. The van der Waals surface area contributed by atoms with Gasteiger partial charge in [-0.3, -0.25) is 9.59 Å². The fraction of sp³-hybridized carbons (Fsp3) is 0.934. The molecule has 4 saturated carbocycles. The van der Waals surface area contributed by atoms with Crippen molar-refractivity contribution >= 4 is 18.2 Å². The number of carbonyl (C=O) groups is 3. The maximum absolute atomic E-state index is 16.2. The number of hydrogen-bond acceptors (Lipinski definition) is 39. The number of allylic oxidation sites excluding steroid dienone is 2. The number of aliphatic hydroxyl groups is 21. The molecule has 5 aliphatic carbocycles. The van der Waals surface area contributed by atoms with E-state index in [1.54, 1.807) is 6.92 Å². The van der Waals surface area contributed by atoms with Gasteiger partial charge >= 0.3 is 5.97 Å². The second-order valence-electron chi connectivity index (χ2n) is 36.5.